The van der Waals surface area contributed by atoms with Gasteiger partial charge < -0.3 is 33.5 Å². The highest BCUT2D eigenvalue weighted by Gasteiger charge is 2.85. The van der Waals surface area contributed by atoms with Gasteiger partial charge in [0.1, 0.15) is 17.3 Å². The normalized spacial score (nSPS) is 32.8. The summed E-state index contributed by atoms with van der Waals surface area (Å²) in [6.45, 7) is 8.73. The van der Waals surface area contributed by atoms with Gasteiger partial charge in [0.15, 0.2) is 24.4 Å². The van der Waals surface area contributed by atoms with Crippen molar-refractivity contribution < 1.29 is 57.5 Å². The molecule has 1 N–H and O–H groups in total. The van der Waals surface area contributed by atoms with Crippen molar-refractivity contribution in [2.75, 3.05) is 0 Å². The van der Waals surface area contributed by atoms with Gasteiger partial charge in [0.05, 0.1) is 27.7 Å². The predicted octanol–water partition coefficient (Wildman–Crippen LogP) is 4.26. The Kier molecular flexibility index (Phi) is 9.47. The minimum absolute atomic E-state index is 0.0209. The van der Waals surface area contributed by atoms with E-state index < -0.39 is 88.5 Å². The van der Waals surface area contributed by atoms with Gasteiger partial charge in [-0.1, -0.05) is 36.4 Å². The highest BCUT2D eigenvalue weighted by molar-refractivity contribution is 5.91. The van der Waals surface area contributed by atoms with Gasteiger partial charge in [0.2, 0.25) is 0 Å². The summed E-state index contributed by atoms with van der Waals surface area (Å²) in [6.07, 6.45) is -5.11. The first-order valence-electron chi connectivity index (χ1n) is 16.9. The molecule has 0 radical (unpaired) electrons. The molecule has 3 aromatic rings. The van der Waals surface area contributed by atoms with Crippen LogP contribution in [0.2, 0.25) is 0 Å². The van der Waals surface area contributed by atoms with Crippen molar-refractivity contribution in [3.8, 4) is 0 Å². The molecular weight excluding hydrogens is 674 g/mol. The molecule has 3 fully saturated rings. The molecule has 1 aliphatic heterocycles. The smallest absolute Gasteiger partial charge is 0.340 e. The molecule has 2 saturated carbocycles. The number of benzene rings is 2. The zero-order valence-electron chi connectivity index (χ0n) is 29.6. The van der Waals surface area contributed by atoms with Gasteiger partial charge in [-0.15, -0.1) is 0 Å². The molecule has 13 heteroatoms. The van der Waals surface area contributed by atoms with E-state index in [9.17, 15) is 29.1 Å². The molecule has 274 valence electrons. The van der Waals surface area contributed by atoms with Crippen molar-refractivity contribution in [2.24, 2.45) is 11.3 Å². The fourth-order valence-corrected chi connectivity index (χ4v) is 8.44. The molecule has 1 saturated heterocycles. The first-order chi connectivity index (χ1) is 24.5. The van der Waals surface area contributed by atoms with Crippen LogP contribution in [0.5, 0.6) is 0 Å². The van der Waals surface area contributed by atoms with Crippen LogP contribution in [0.3, 0.4) is 0 Å². The second kappa shape index (κ2) is 13.4. The van der Waals surface area contributed by atoms with E-state index >= 15 is 0 Å². The lowest BCUT2D eigenvalue weighted by molar-refractivity contribution is -0.354. The third-order valence-corrected chi connectivity index (χ3v) is 10.8. The zero-order chi connectivity index (χ0) is 37.6. The summed E-state index contributed by atoms with van der Waals surface area (Å²) in [5, 5.41) is 13.0. The van der Waals surface area contributed by atoms with E-state index in [0.29, 0.717) is 0 Å². The van der Waals surface area contributed by atoms with Crippen LogP contribution < -0.4 is 0 Å². The molecule has 1 aromatic heterocycles. The van der Waals surface area contributed by atoms with E-state index in [1.165, 1.54) is 62.6 Å². The van der Waals surface area contributed by atoms with Crippen molar-refractivity contribution in [3.63, 3.8) is 0 Å². The van der Waals surface area contributed by atoms with E-state index in [0.717, 1.165) is 6.92 Å². The lowest BCUT2D eigenvalue weighted by atomic mass is 9.46. The highest BCUT2D eigenvalue weighted by Crippen LogP contribution is 2.69. The SMILES string of the molecule is CC(=O)O[C@@H]1[C@H](OC(=O)c2cccnc2)[C@@]2(C)[C@@H](OC(=O)c3ccccc3)[C@@H](OC(C)=O)C3CC2(OC3(C)C)[C@@](C)(O)[C@H]1OC(=O)c1ccccc1. The second-order valence-electron chi connectivity index (χ2n) is 14.4. The summed E-state index contributed by atoms with van der Waals surface area (Å²) in [4.78, 5) is 71.4. The molecule has 1 spiro atoms. The number of aliphatic hydroxyl groups is 1. The molecule has 2 bridgehead atoms. The molecule has 0 amide bonds. The summed E-state index contributed by atoms with van der Waals surface area (Å²) in [7, 11) is 0. The Morgan fingerprint density at radius 1 is 0.654 bits per heavy atom. The first kappa shape index (κ1) is 36.6. The Morgan fingerprint density at radius 2 is 1.12 bits per heavy atom. The molecule has 9 atom stereocenters. The Bertz CT molecular complexity index is 1850. The Labute approximate surface area is 300 Å². The number of hydrogen-bond donors (Lipinski definition) is 1. The first-order valence-corrected chi connectivity index (χ1v) is 16.9. The number of esters is 5. The van der Waals surface area contributed by atoms with Gasteiger partial charge in [-0.2, -0.15) is 0 Å². The third kappa shape index (κ3) is 6.01. The Morgan fingerprint density at radius 3 is 1.62 bits per heavy atom. The molecule has 2 aromatic carbocycles. The van der Waals surface area contributed by atoms with Crippen LogP contribution in [0.25, 0.3) is 0 Å². The molecule has 3 aliphatic rings. The highest BCUT2D eigenvalue weighted by atomic mass is 16.6. The maximum Gasteiger partial charge on any atom is 0.340 e. The van der Waals surface area contributed by atoms with Crippen molar-refractivity contribution in [1.29, 1.82) is 0 Å². The van der Waals surface area contributed by atoms with Gasteiger partial charge in [0.25, 0.3) is 0 Å². The molecule has 2 heterocycles. The zero-order valence-corrected chi connectivity index (χ0v) is 29.6. The average molecular weight is 716 g/mol. The Balaban J connectivity index is 1.60. The molecule has 13 nitrogen and oxygen atoms in total. The van der Waals surface area contributed by atoms with E-state index in [-0.39, 0.29) is 23.1 Å². The van der Waals surface area contributed by atoms with Crippen LogP contribution in [0.15, 0.2) is 85.2 Å². The number of carbonyl (C=O) groups excluding carboxylic acids is 5. The number of ether oxygens (including phenoxy) is 6. The van der Waals surface area contributed by atoms with Gasteiger partial charge in [0, 0.05) is 32.2 Å². The van der Waals surface area contributed by atoms with Crippen molar-refractivity contribution >= 4 is 29.8 Å². The molecule has 2 aliphatic carbocycles. The maximum atomic E-state index is 14.0. The van der Waals surface area contributed by atoms with E-state index in [1.54, 1.807) is 57.2 Å². The van der Waals surface area contributed by atoms with Gasteiger partial charge in [-0.05, 0) is 70.5 Å². The van der Waals surface area contributed by atoms with E-state index in [2.05, 4.69) is 4.98 Å². The molecule has 6 rings (SSSR count). The van der Waals surface area contributed by atoms with Gasteiger partial charge >= 0.3 is 29.8 Å². The Hall–Kier alpha value is -5.14. The minimum atomic E-state index is -2.24. The number of pyridine rings is 1. The van der Waals surface area contributed by atoms with Crippen LogP contribution in [0, 0.1) is 11.3 Å². The number of fused-ring (bicyclic) bond motifs is 1. The summed E-state index contributed by atoms with van der Waals surface area (Å²) >= 11 is 0. The summed E-state index contributed by atoms with van der Waals surface area (Å²) < 4.78 is 37.5. The third-order valence-electron chi connectivity index (χ3n) is 10.8. The number of nitrogens with zero attached hydrogens (tertiary/aromatic N) is 1. The fraction of sp³-hybridized carbons (Fsp3) is 0.436. The maximum absolute atomic E-state index is 14.0. The number of carbonyl (C=O) groups is 5. The van der Waals surface area contributed by atoms with Crippen molar-refractivity contribution in [3.05, 3.63) is 102 Å². The molecular formula is C39H41NO12. The topological polar surface area (TPSA) is 174 Å². The van der Waals surface area contributed by atoms with Crippen LogP contribution in [-0.4, -0.2) is 87.3 Å². The number of aromatic nitrogens is 1. The number of hydrogen-bond acceptors (Lipinski definition) is 13. The van der Waals surface area contributed by atoms with Crippen molar-refractivity contribution in [1.82, 2.24) is 4.98 Å². The van der Waals surface area contributed by atoms with Crippen LogP contribution in [-0.2, 0) is 38.0 Å². The average Bonchev–Trinajstić information content (AvgIpc) is 3.39. The van der Waals surface area contributed by atoms with E-state index in [4.69, 9.17) is 28.4 Å². The van der Waals surface area contributed by atoms with Gasteiger partial charge in [-0.25, -0.2) is 14.4 Å². The summed E-state index contributed by atoms with van der Waals surface area (Å²) in [5.41, 5.74) is -6.85. The van der Waals surface area contributed by atoms with Crippen molar-refractivity contribution in [2.45, 2.75) is 95.3 Å². The molecule has 52 heavy (non-hydrogen) atoms. The summed E-state index contributed by atoms with van der Waals surface area (Å²) in [5.74, 6) is -4.86. The number of rotatable bonds is 8. The lowest BCUT2D eigenvalue weighted by Gasteiger charge is -2.66. The van der Waals surface area contributed by atoms with Crippen LogP contribution >= 0.6 is 0 Å². The standard InChI is InChI=1S/C39H41NO12/c1-22(41)47-28-27-20-39(52-36(27,3)4)37(5,30(28)49-33(43)24-14-9-7-10-15-24)31(50-35(45)26-18-13-19-40-21-26)29(48-23(2)42)32(38(39,6)46)51-34(44)25-16-11-8-12-17-25/h7-19,21,27-32,46H,20H2,1-6H3/t27?,28-,29+,30-,31-,32-,37+,38-,39?/m0/s1. The van der Waals surface area contributed by atoms with Gasteiger partial charge in [-0.3, -0.25) is 14.6 Å². The van der Waals surface area contributed by atoms with Crippen LogP contribution in [0.4, 0.5) is 0 Å². The quantitative estimate of drug-likeness (QED) is 0.259. The predicted molar refractivity (Wildman–Crippen MR) is 181 cm³/mol. The fourth-order valence-electron chi connectivity index (χ4n) is 8.44. The second-order valence-corrected chi connectivity index (χ2v) is 14.4. The van der Waals surface area contributed by atoms with Crippen LogP contribution in [0.1, 0.15) is 79.0 Å². The monoisotopic (exact) mass is 715 g/mol. The summed E-state index contributed by atoms with van der Waals surface area (Å²) in [6, 6.07) is 19.1. The molecule has 2 unspecified atom stereocenters. The lowest BCUT2D eigenvalue weighted by Crippen LogP contribution is -2.84. The van der Waals surface area contributed by atoms with E-state index in [1.807, 2.05) is 0 Å². The largest absolute Gasteiger partial charge is 0.458 e. The minimum Gasteiger partial charge on any atom is -0.458 e.